The van der Waals surface area contributed by atoms with Crippen molar-refractivity contribution in [3.63, 3.8) is 0 Å². The van der Waals surface area contributed by atoms with Gasteiger partial charge in [-0.3, -0.25) is 19.4 Å². The fourth-order valence-electron chi connectivity index (χ4n) is 5.78. The van der Waals surface area contributed by atoms with Gasteiger partial charge in [-0.15, -0.1) is 0 Å². The Morgan fingerprint density at radius 3 is 2.66 bits per heavy atom. The summed E-state index contributed by atoms with van der Waals surface area (Å²) in [6.07, 6.45) is 3.01. The van der Waals surface area contributed by atoms with Crippen LogP contribution in [-0.4, -0.2) is 42.2 Å². The van der Waals surface area contributed by atoms with E-state index < -0.39 is 0 Å². The van der Waals surface area contributed by atoms with E-state index in [-0.39, 0.29) is 11.5 Å². The van der Waals surface area contributed by atoms with Gasteiger partial charge in [0, 0.05) is 53.5 Å². The fraction of sp³-hybridized carbons (Fsp3) is 0.286. The van der Waals surface area contributed by atoms with E-state index >= 15 is 0 Å². The van der Waals surface area contributed by atoms with Crippen LogP contribution in [0.15, 0.2) is 65.5 Å². The molecule has 0 saturated carbocycles. The summed E-state index contributed by atoms with van der Waals surface area (Å²) in [6.45, 7) is 2.91. The van der Waals surface area contributed by atoms with Gasteiger partial charge in [0.1, 0.15) is 5.75 Å². The van der Waals surface area contributed by atoms with E-state index in [2.05, 4.69) is 11.0 Å². The number of amides is 1. The number of pyridine rings is 1. The van der Waals surface area contributed by atoms with Gasteiger partial charge in [0.15, 0.2) is 0 Å². The monoisotopic (exact) mass is 487 g/mol. The number of likely N-dealkylation sites (tertiary alicyclic amines) is 1. The number of carbonyl (C=O) groups excluding carboxylic acids is 1. The second-order valence-electron chi connectivity index (χ2n) is 9.60. The van der Waals surface area contributed by atoms with Crippen molar-refractivity contribution in [1.82, 2.24) is 9.47 Å². The third kappa shape index (κ3) is 3.97. The maximum atomic E-state index is 13.7. The number of methoxy groups -OCH3 is 1. The number of ether oxygens (including phenoxy) is 1. The molecule has 6 rings (SSSR count). The Kier molecular flexibility index (Phi) is 5.50. The average Bonchev–Trinajstić information content (AvgIpc) is 3.10. The number of halogens is 1. The number of anilines is 1. The molecule has 2 aromatic carbocycles. The summed E-state index contributed by atoms with van der Waals surface area (Å²) in [4.78, 5) is 30.2. The summed E-state index contributed by atoms with van der Waals surface area (Å²) in [5, 5.41) is 0.607. The fourth-order valence-corrected chi connectivity index (χ4v) is 5.95. The Morgan fingerprint density at radius 1 is 1.03 bits per heavy atom. The molecule has 1 fully saturated rings. The average molecular weight is 488 g/mol. The van der Waals surface area contributed by atoms with Gasteiger partial charge in [-0.2, -0.15) is 0 Å². The van der Waals surface area contributed by atoms with Crippen molar-refractivity contribution >= 4 is 34.8 Å². The molecule has 2 atom stereocenters. The first-order valence-corrected chi connectivity index (χ1v) is 12.3. The van der Waals surface area contributed by atoms with Crippen molar-refractivity contribution in [3.8, 4) is 5.75 Å². The molecule has 1 aromatic heterocycles. The molecule has 2 bridgehead atoms. The molecular formula is C28H26ClN3O3. The molecule has 35 heavy (non-hydrogen) atoms. The first-order chi connectivity index (χ1) is 17.0. The number of rotatable bonds is 4. The highest BCUT2D eigenvalue weighted by atomic mass is 35.5. The van der Waals surface area contributed by atoms with Crippen LogP contribution in [0.2, 0.25) is 5.02 Å². The molecule has 0 unspecified atom stereocenters. The topological polar surface area (TPSA) is 54.8 Å². The van der Waals surface area contributed by atoms with Crippen LogP contribution < -0.4 is 15.2 Å². The molecule has 6 nitrogen and oxygen atoms in total. The minimum atomic E-state index is -0.0227. The molecule has 0 radical (unpaired) electrons. The normalized spacial score (nSPS) is 22.3. The van der Waals surface area contributed by atoms with Crippen LogP contribution >= 0.6 is 11.6 Å². The van der Waals surface area contributed by atoms with E-state index in [1.165, 1.54) is 0 Å². The Balaban J connectivity index is 1.30. The van der Waals surface area contributed by atoms with Crippen LogP contribution in [-0.2, 0) is 11.3 Å². The molecule has 3 aliphatic rings. The zero-order valence-electron chi connectivity index (χ0n) is 19.5. The van der Waals surface area contributed by atoms with Crippen LogP contribution in [0.1, 0.15) is 29.2 Å². The maximum absolute atomic E-state index is 13.7. The standard InChI is InChI=1S/C28H26ClN3O3/c1-35-22-8-5-18(6-9-22)12-24-23-10-7-21(29)13-26(23)32(28(24)34)17-30-14-19-11-20(16-30)25-3-2-4-27(33)31(25)15-19/h2-10,12-13,19-20H,11,14-17H2,1H3/t19-,20-/m1/s1. The number of fused-ring (bicyclic) bond motifs is 5. The van der Waals surface area contributed by atoms with Crippen LogP contribution in [0.5, 0.6) is 5.75 Å². The van der Waals surface area contributed by atoms with E-state index in [0.29, 0.717) is 29.1 Å². The highest BCUT2D eigenvalue weighted by Crippen LogP contribution is 2.41. The van der Waals surface area contributed by atoms with E-state index in [1.54, 1.807) is 13.2 Å². The van der Waals surface area contributed by atoms with E-state index in [9.17, 15) is 9.59 Å². The van der Waals surface area contributed by atoms with Crippen molar-refractivity contribution in [3.05, 3.63) is 92.9 Å². The Morgan fingerprint density at radius 2 is 1.86 bits per heavy atom. The predicted octanol–water partition coefficient (Wildman–Crippen LogP) is 4.47. The minimum Gasteiger partial charge on any atom is -0.497 e. The van der Waals surface area contributed by atoms with Crippen molar-refractivity contribution in [2.45, 2.75) is 18.9 Å². The van der Waals surface area contributed by atoms with Gasteiger partial charge in [0.25, 0.3) is 11.5 Å². The summed E-state index contributed by atoms with van der Waals surface area (Å²) in [7, 11) is 1.64. The number of piperidine rings is 1. The number of hydrogen-bond acceptors (Lipinski definition) is 4. The third-order valence-electron chi connectivity index (χ3n) is 7.34. The van der Waals surface area contributed by atoms with Gasteiger partial charge in [0.05, 0.1) is 19.5 Å². The molecule has 178 valence electrons. The lowest BCUT2D eigenvalue weighted by Crippen LogP contribution is -2.50. The summed E-state index contributed by atoms with van der Waals surface area (Å²) in [5.74, 6) is 1.44. The van der Waals surface area contributed by atoms with Crippen molar-refractivity contribution in [2.24, 2.45) is 5.92 Å². The molecule has 0 spiro atoms. The van der Waals surface area contributed by atoms with Crippen molar-refractivity contribution < 1.29 is 9.53 Å². The second kappa shape index (κ2) is 8.70. The molecule has 0 N–H and O–H groups in total. The van der Waals surface area contributed by atoms with E-state index in [0.717, 1.165) is 54.3 Å². The molecule has 3 aliphatic heterocycles. The lowest BCUT2D eigenvalue weighted by atomic mass is 9.83. The van der Waals surface area contributed by atoms with Crippen LogP contribution in [0.3, 0.4) is 0 Å². The molecular weight excluding hydrogens is 462 g/mol. The zero-order chi connectivity index (χ0) is 24.1. The second-order valence-corrected chi connectivity index (χ2v) is 10.0. The van der Waals surface area contributed by atoms with Gasteiger partial charge < -0.3 is 9.30 Å². The molecule has 0 aliphatic carbocycles. The first kappa shape index (κ1) is 22.1. The number of hydrogen-bond donors (Lipinski definition) is 0. The third-order valence-corrected chi connectivity index (χ3v) is 7.58. The Bertz CT molecular complexity index is 1400. The summed E-state index contributed by atoms with van der Waals surface area (Å²) in [5.41, 5.74) is 4.52. The Labute approximate surface area is 209 Å². The highest BCUT2D eigenvalue weighted by Gasteiger charge is 2.38. The van der Waals surface area contributed by atoms with Crippen LogP contribution in [0.25, 0.3) is 11.6 Å². The quantitative estimate of drug-likeness (QED) is 0.509. The number of aromatic nitrogens is 1. The van der Waals surface area contributed by atoms with Crippen LogP contribution in [0.4, 0.5) is 5.69 Å². The largest absolute Gasteiger partial charge is 0.497 e. The lowest BCUT2D eigenvalue weighted by molar-refractivity contribution is -0.113. The van der Waals surface area contributed by atoms with E-state index in [1.807, 2.05) is 64.1 Å². The predicted molar refractivity (Wildman–Crippen MR) is 138 cm³/mol. The molecule has 7 heteroatoms. The lowest BCUT2D eigenvalue weighted by Gasteiger charge is -2.43. The molecule has 1 amide bonds. The SMILES string of the molecule is COc1ccc(C=C2C(=O)N(CN3C[C@H]4C[C@H](C3)c3cccc(=O)n3C4)c3cc(Cl)ccc32)cc1. The van der Waals surface area contributed by atoms with Gasteiger partial charge >= 0.3 is 0 Å². The number of carbonyl (C=O) groups is 1. The highest BCUT2D eigenvalue weighted by molar-refractivity contribution is 6.37. The number of nitrogens with zero attached hydrogens (tertiary/aromatic N) is 3. The van der Waals surface area contributed by atoms with E-state index in [4.69, 9.17) is 16.3 Å². The van der Waals surface area contributed by atoms with Crippen molar-refractivity contribution in [1.29, 1.82) is 0 Å². The smallest absolute Gasteiger partial charge is 0.260 e. The molecule has 1 saturated heterocycles. The van der Waals surface area contributed by atoms with Crippen molar-refractivity contribution in [2.75, 3.05) is 31.8 Å². The number of benzene rings is 2. The maximum Gasteiger partial charge on any atom is 0.260 e. The Hall–Kier alpha value is -3.35. The first-order valence-electron chi connectivity index (χ1n) is 11.9. The zero-order valence-corrected chi connectivity index (χ0v) is 20.2. The minimum absolute atomic E-state index is 0.0227. The van der Waals surface area contributed by atoms with Crippen LogP contribution in [0, 0.1) is 5.92 Å². The summed E-state index contributed by atoms with van der Waals surface area (Å²) in [6, 6.07) is 18.9. The summed E-state index contributed by atoms with van der Waals surface area (Å²) >= 11 is 6.35. The van der Waals surface area contributed by atoms with Gasteiger partial charge in [-0.25, -0.2) is 0 Å². The van der Waals surface area contributed by atoms with Gasteiger partial charge in [0.2, 0.25) is 0 Å². The summed E-state index contributed by atoms with van der Waals surface area (Å²) < 4.78 is 7.19. The van der Waals surface area contributed by atoms with Gasteiger partial charge in [-0.05, 0) is 54.3 Å². The molecule has 4 heterocycles. The molecule has 3 aromatic rings. The van der Waals surface area contributed by atoms with Gasteiger partial charge in [-0.1, -0.05) is 35.9 Å².